The molecule has 0 unspecified atom stereocenters. The topological polar surface area (TPSA) is 75.7 Å². The first-order chi connectivity index (χ1) is 15.0. The fourth-order valence-electron chi connectivity index (χ4n) is 3.79. The van der Waals surface area contributed by atoms with Crippen LogP contribution in [0.25, 0.3) is 0 Å². The van der Waals surface area contributed by atoms with E-state index >= 15 is 0 Å². The van der Waals surface area contributed by atoms with Crippen molar-refractivity contribution in [1.29, 1.82) is 0 Å². The molecule has 1 saturated carbocycles. The highest BCUT2D eigenvalue weighted by molar-refractivity contribution is 7.92. The van der Waals surface area contributed by atoms with Crippen LogP contribution in [0.15, 0.2) is 59.5 Å². The number of rotatable bonds is 10. The SMILES string of the molecule is Cc1cccc(N(CC(=O)NCCCOC2CCCCC2)S(=O)(=O)c2ccccc2)c1. The Hall–Kier alpha value is -2.38. The molecule has 31 heavy (non-hydrogen) atoms. The van der Waals surface area contributed by atoms with Crippen LogP contribution in [0.1, 0.15) is 44.1 Å². The van der Waals surface area contributed by atoms with Gasteiger partial charge in [0.25, 0.3) is 10.0 Å². The van der Waals surface area contributed by atoms with Crippen molar-refractivity contribution >= 4 is 21.6 Å². The number of hydrogen-bond donors (Lipinski definition) is 1. The van der Waals surface area contributed by atoms with Gasteiger partial charge in [-0.2, -0.15) is 0 Å². The number of ether oxygens (including phenoxy) is 1. The molecule has 1 N–H and O–H groups in total. The highest BCUT2D eigenvalue weighted by Crippen LogP contribution is 2.24. The molecule has 7 heteroatoms. The van der Waals surface area contributed by atoms with Crippen molar-refractivity contribution < 1.29 is 17.9 Å². The van der Waals surface area contributed by atoms with Gasteiger partial charge in [-0.05, 0) is 56.0 Å². The molecule has 0 aliphatic heterocycles. The van der Waals surface area contributed by atoms with Crippen molar-refractivity contribution in [3.8, 4) is 0 Å². The van der Waals surface area contributed by atoms with Gasteiger partial charge in [0.15, 0.2) is 0 Å². The lowest BCUT2D eigenvalue weighted by molar-refractivity contribution is -0.119. The monoisotopic (exact) mass is 444 g/mol. The Morgan fingerprint density at radius 2 is 1.81 bits per heavy atom. The summed E-state index contributed by atoms with van der Waals surface area (Å²) < 4.78 is 33.6. The molecule has 0 saturated heterocycles. The summed E-state index contributed by atoms with van der Waals surface area (Å²) in [6.45, 7) is 2.68. The van der Waals surface area contributed by atoms with Gasteiger partial charge >= 0.3 is 0 Å². The second kappa shape index (κ2) is 11.3. The summed E-state index contributed by atoms with van der Waals surface area (Å²) in [5, 5.41) is 2.83. The average molecular weight is 445 g/mol. The Kier molecular flexibility index (Phi) is 8.49. The Morgan fingerprint density at radius 1 is 1.06 bits per heavy atom. The predicted molar refractivity (Wildman–Crippen MR) is 123 cm³/mol. The molecule has 168 valence electrons. The summed E-state index contributed by atoms with van der Waals surface area (Å²) in [6, 6.07) is 15.4. The van der Waals surface area contributed by atoms with Gasteiger partial charge in [-0.3, -0.25) is 9.10 Å². The molecule has 1 amide bonds. The number of hydrogen-bond acceptors (Lipinski definition) is 4. The van der Waals surface area contributed by atoms with Gasteiger partial charge in [-0.15, -0.1) is 0 Å². The summed E-state index contributed by atoms with van der Waals surface area (Å²) >= 11 is 0. The smallest absolute Gasteiger partial charge is 0.264 e. The third kappa shape index (κ3) is 6.80. The maximum atomic E-state index is 13.3. The number of nitrogens with zero attached hydrogens (tertiary/aromatic N) is 1. The number of carbonyl (C=O) groups is 1. The van der Waals surface area contributed by atoms with Gasteiger partial charge in [0, 0.05) is 13.2 Å². The highest BCUT2D eigenvalue weighted by Gasteiger charge is 2.27. The summed E-state index contributed by atoms with van der Waals surface area (Å²) in [5.74, 6) is -0.335. The van der Waals surface area contributed by atoms with Gasteiger partial charge in [-0.1, -0.05) is 49.6 Å². The van der Waals surface area contributed by atoms with Crippen LogP contribution in [0.3, 0.4) is 0 Å². The lowest BCUT2D eigenvalue weighted by atomic mass is 9.98. The molecular weight excluding hydrogens is 412 g/mol. The minimum atomic E-state index is -3.87. The maximum absolute atomic E-state index is 13.3. The van der Waals surface area contributed by atoms with Gasteiger partial charge < -0.3 is 10.1 Å². The fraction of sp³-hybridized carbons (Fsp3) is 0.458. The van der Waals surface area contributed by atoms with E-state index in [9.17, 15) is 13.2 Å². The molecule has 0 spiro atoms. The van der Waals surface area contributed by atoms with E-state index in [0.29, 0.717) is 31.4 Å². The van der Waals surface area contributed by atoms with E-state index in [1.807, 2.05) is 13.0 Å². The van der Waals surface area contributed by atoms with Crippen LogP contribution in [-0.4, -0.2) is 40.1 Å². The first-order valence-electron chi connectivity index (χ1n) is 11.0. The van der Waals surface area contributed by atoms with E-state index in [1.54, 1.807) is 48.5 Å². The first-order valence-corrected chi connectivity index (χ1v) is 12.4. The molecule has 3 rings (SSSR count). The Morgan fingerprint density at radius 3 is 2.52 bits per heavy atom. The standard InChI is InChI=1S/C24H32N2O4S/c1-20-10-8-11-21(18-20)26(31(28,29)23-14-6-3-7-15-23)19-24(27)25-16-9-17-30-22-12-4-2-5-13-22/h3,6-8,10-11,14-15,18,22H,2,4-5,9,12-13,16-17,19H2,1H3,(H,25,27). The van der Waals surface area contributed by atoms with Crippen molar-refractivity contribution in [2.24, 2.45) is 0 Å². The zero-order valence-corrected chi connectivity index (χ0v) is 18.9. The lowest BCUT2D eigenvalue weighted by Crippen LogP contribution is -2.41. The number of aryl methyl sites for hydroxylation is 1. The van der Waals surface area contributed by atoms with Gasteiger partial charge in [0.05, 0.1) is 16.7 Å². The average Bonchev–Trinajstić information content (AvgIpc) is 2.78. The molecule has 1 aliphatic carbocycles. The Balaban J connectivity index is 1.60. The molecule has 0 heterocycles. The quantitative estimate of drug-likeness (QED) is 0.561. The molecule has 2 aromatic carbocycles. The first kappa shape index (κ1) is 23.3. The predicted octanol–water partition coefficient (Wildman–Crippen LogP) is 4.05. The zero-order chi connectivity index (χ0) is 22.1. The van der Waals surface area contributed by atoms with Crippen molar-refractivity contribution in [3.05, 3.63) is 60.2 Å². The largest absolute Gasteiger partial charge is 0.378 e. The van der Waals surface area contributed by atoms with Crippen molar-refractivity contribution in [3.63, 3.8) is 0 Å². The van der Waals surface area contributed by atoms with E-state index in [-0.39, 0.29) is 17.3 Å². The second-order valence-corrected chi connectivity index (χ2v) is 9.86. The summed E-state index contributed by atoms with van der Waals surface area (Å²) in [4.78, 5) is 12.8. The second-order valence-electron chi connectivity index (χ2n) is 8.00. The van der Waals surface area contributed by atoms with E-state index in [1.165, 1.54) is 23.6 Å². The number of nitrogens with one attached hydrogen (secondary N) is 1. The van der Waals surface area contributed by atoms with Crippen LogP contribution in [0.5, 0.6) is 0 Å². The van der Waals surface area contributed by atoms with Crippen LogP contribution in [0, 0.1) is 6.92 Å². The molecule has 1 aliphatic rings. The van der Waals surface area contributed by atoms with Crippen LogP contribution in [0.2, 0.25) is 0 Å². The van der Waals surface area contributed by atoms with E-state index < -0.39 is 10.0 Å². The Bertz CT molecular complexity index is 941. The Labute approximate surface area is 185 Å². The van der Waals surface area contributed by atoms with E-state index in [2.05, 4.69) is 5.32 Å². The summed E-state index contributed by atoms with van der Waals surface area (Å²) in [7, 11) is -3.87. The van der Waals surface area contributed by atoms with Crippen molar-refractivity contribution in [2.45, 2.75) is 56.4 Å². The fourth-order valence-corrected chi connectivity index (χ4v) is 5.22. The summed E-state index contributed by atoms with van der Waals surface area (Å²) in [6.07, 6.45) is 7.04. The number of anilines is 1. The molecule has 6 nitrogen and oxygen atoms in total. The van der Waals surface area contributed by atoms with Gasteiger partial charge in [-0.25, -0.2) is 8.42 Å². The molecule has 0 radical (unpaired) electrons. The van der Waals surface area contributed by atoms with Crippen LogP contribution in [-0.2, 0) is 19.6 Å². The minimum absolute atomic E-state index is 0.158. The van der Waals surface area contributed by atoms with Crippen LogP contribution >= 0.6 is 0 Å². The zero-order valence-electron chi connectivity index (χ0n) is 18.1. The van der Waals surface area contributed by atoms with Gasteiger partial charge in [0.1, 0.15) is 6.54 Å². The van der Waals surface area contributed by atoms with Crippen molar-refractivity contribution in [2.75, 3.05) is 24.0 Å². The molecule has 2 aromatic rings. The third-order valence-electron chi connectivity index (χ3n) is 5.46. The van der Waals surface area contributed by atoms with Gasteiger partial charge in [0.2, 0.25) is 5.91 Å². The van der Waals surface area contributed by atoms with Crippen LogP contribution in [0.4, 0.5) is 5.69 Å². The maximum Gasteiger partial charge on any atom is 0.264 e. The number of sulfonamides is 1. The van der Waals surface area contributed by atoms with Crippen LogP contribution < -0.4 is 9.62 Å². The molecule has 1 fully saturated rings. The molecule has 0 bridgehead atoms. The normalized spacial score (nSPS) is 14.9. The van der Waals surface area contributed by atoms with E-state index in [0.717, 1.165) is 18.4 Å². The molecule has 0 atom stereocenters. The molecular formula is C24H32N2O4S. The number of carbonyl (C=O) groups excluding carboxylic acids is 1. The number of amides is 1. The summed E-state index contributed by atoms with van der Waals surface area (Å²) in [5.41, 5.74) is 1.39. The third-order valence-corrected chi connectivity index (χ3v) is 7.25. The van der Waals surface area contributed by atoms with Crippen molar-refractivity contribution in [1.82, 2.24) is 5.32 Å². The number of benzene rings is 2. The minimum Gasteiger partial charge on any atom is -0.378 e. The molecule has 0 aromatic heterocycles. The van der Waals surface area contributed by atoms with E-state index in [4.69, 9.17) is 4.74 Å². The highest BCUT2D eigenvalue weighted by atomic mass is 32.2. The lowest BCUT2D eigenvalue weighted by Gasteiger charge is -2.24.